The number of carbonyl (C=O) groups is 1. The Morgan fingerprint density at radius 1 is 1.35 bits per heavy atom. The Balaban J connectivity index is 2.97. The molecule has 0 bridgehead atoms. The fraction of sp³-hybridized carbons (Fsp3) is 0.0909. The van der Waals surface area contributed by atoms with E-state index in [1.165, 1.54) is 12.1 Å². The quantitative estimate of drug-likeness (QED) is 0.562. The van der Waals surface area contributed by atoms with E-state index in [1.54, 1.807) is 12.1 Å². The highest BCUT2D eigenvalue weighted by molar-refractivity contribution is 5.99. The molecule has 6 heteroatoms. The lowest BCUT2D eigenvalue weighted by molar-refractivity contribution is 0.0589. The van der Waals surface area contributed by atoms with E-state index in [0.29, 0.717) is 4.73 Å². The van der Waals surface area contributed by atoms with Crippen LogP contribution in [0.5, 0.6) is 5.75 Å². The number of nitrogens with zero attached hydrogens (tertiary/aromatic N) is 1. The van der Waals surface area contributed by atoms with Crippen LogP contribution in [0.15, 0.2) is 29.1 Å². The topological polar surface area (TPSA) is 88.8 Å². The minimum absolute atomic E-state index is 0.114. The maximum Gasteiger partial charge on any atom is 0.347 e. The van der Waals surface area contributed by atoms with E-state index in [9.17, 15) is 19.9 Å². The third kappa shape index (κ3) is 1.50. The van der Waals surface area contributed by atoms with Gasteiger partial charge in [0.15, 0.2) is 5.56 Å². The third-order valence-corrected chi connectivity index (χ3v) is 2.42. The second-order valence-electron chi connectivity index (χ2n) is 3.35. The number of ether oxygens (including phenoxy) is 1. The van der Waals surface area contributed by atoms with Gasteiger partial charge < -0.3 is 15.1 Å². The van der Waals surface area contributed by atoms with E-state index in [0.717, 1.165) is 7.11 Å². The minimum atomic E-state index is -1.02. The van der Waals surface area contributed by atoms with E-state index in [2.05, 4.69) is 4.74 Å². The summed E-state index contributed by atoms with van der Waals surface area (Å²) in [6.07, 6.45) is 0. The lowest BCUT2D eigenvalue weighted by atomic mass is 10.1. The summed E-state index contributed by atoms with van der Waals surface area (Å²) in [6, 6.07) is 6.11. The number of para-hydroxylation sites is 1. The summed E-state index contributed by atoms with van der Waals surface area (Å²) in [7, 11) is 1.08. The van der Waals surface area contributed by atoms with Crippen molar-refractivity contribution in [1.29, 1.82) is 0 Å². The van der Waals surface area contributed by atoms with Crippen LogP contribution in [0.2, 0.25) is 0 Å². The fourth-order valence-corrected chi connectivity index (χ4v) is 1.60. The Bertz CT molecular complexity index is 659. The van der Waals surface area contributed by atoms with Crippen LogP contribution in [-0.2, 0) is 4.74 Å². The second kappa shape index (κ2) is 3.82. The Kier molecular flexibility index (Phi) is 2.47. The number of carbonyl (C=O) groups excluding carboxylic acids is 1. The highest BCUT2D eigenvalue weighted by Gasteiger charge is 2.22. The Morgan fingerprint density at radius 3 is 2.65 bits per heavy atom. The van der Waals surface area contributed by atoms with Gasteiger partial charge in [-0.05, 0) is 12.1 Å². The van der Waals surface area contributed by atoms with Gasteiger partial charge in [0.2, 0.25) is 0 Å². The van der Waals surface area contributed by atoms with Gasteiger partial charge in [-0.2, -0.15) is 0 Å². The van der Waals surface area contributed by atoms with Gasteiger partial charge in [0.1, 0.15) is 5.75 Å². The molecule has 0 aliphatic carbocycles. The zero-order valence-electron chi connectivity index (χ0n) is 8.88. The van der Waals surface area contributed by atoms with Crippen molar-refractivity contribution in [1.82, 2.24) is 4.73 Å². The Morgan fingerprint density at radius 2 is 2.00 bits per heavy atom. The number of rotatable bonds is 1. The van der Waals surface area contributed by atoms with Crippen molar-refractivity contribution in [2.24, 2.45) is 0 Å². The van der Waals surface area contributed by atoms with Gasteiger partial charge in [0, 0.05) is 5.39 Å². The summed E-state index contributed by atoms with van der Waals surface area (Å²) < 4.78 is 4.69. The normalized spacial score (nSPS) is 10.4. The molecule has 1 aromatic heterocycles. The van der Waals surface area contributed by atoms with Gasteiger partial charge in [-0.3, -0.25) is 4.79 Å². The average molecular weight is 235 g/mol. The molecule has 0 spiro atoms. The molecule has 2 N–H and O–H groups in total. The standard InChI is InChI=1S/C11H9NO5/c1-17-11(15)8-9(13)6-4-2-3-5-7(6)12(16)10(8)14/h2-5,13,16H,1H3. The van der Waals surface area contributed by atoms with Crippen LogP contribution in [0.4, 0.5) is 0 Å². The Hall–Kier alpha value is -2.50. The van der Waals surface area contributed by atoms with Gasteiger partial charge >= 0.3 is 11.5 Å². The van der Waals surface area contributed by atoms with Gasteiger partial charge in [-0.15, -0.1) is 4.73 Å². The first kappa shape index (κ1) is 11.0. The summed E-state index contributed by atoms with van der Waals surface area (Å²) in [4.78, 5) is 23.0. The molecule has 2 aromatic rings. The zero-order valence-corrected chi connectivity index (χ0v) is 8.88. The number of aromatic nitrogens is 1. The highest BCUT2D eigenvalue weighted by atomic mass is 16.5. The molecule has 0 atom stereocenters. The molecule has 0 fully saturated rings. The van der Waals surface area contributed by atoms with Crippen molar-refractivity contribution in [2.75, 3.05) is 7.11 Å². The van der Waals surface area contributed by atoms with Gasteiger partial charge in [0.05, 0.1) is 12.6 Å². The van der Waals surface area contributed by atoms with Crippen molar-refractivity contribution in [3.05, 3.63) is 40.2 Å². The number of fused-ring (bicyclic) bond motifs is 1. The molecular formula is C11H9NO5. The molecule has 0 aliphatic heterocycles. The molecule has 2 rings (SSSR count). The van der Waals surface area contributed by atoms with Crippen LogP contribution in [-0.4, -0.2) is 28.1 Å². The molecule has 0 saturated carbocycles. The first-order valence-electron chi connectivity index (χ1n) is 4.72. The van der Waals surface area contributed by atoms with E-state index in [4.69, 9.17) is 0 Å². The molecule has 6 nitrogen and oxygen atoms in total. The van der Waals surface area contributed by atoms with Crippen molar-refractivity contribution in [3.8, 4) is 5.75 Å². The SMILES string of the molecule is COC(=O)c1c(O)c2ccccc2n(O)c1=O. The smallest absolute Gasteiger partial charge is 0.347 e. The lowest BCUT2D eigenvalue weighted by Gasteiger charge is -2.08. The van der Waals surface area contributed by atoms with Crippen molar-refractivity contribution >= 4 is 16.9 Å². The number of aromatic hydroxyl groups is 1. The second-order valence-corrected chi connectivity index (χ2v) is 3.35. The number of esters is 1. The van der Waals surface area contributed by atoms with Crippen molar-refractivity contribution < 1.29 is 19.8 Å². The van der Waals surface area contributed by atoms with E-state index in [-0.39, 0.29) is 10.9 Å². The third-order valence-electron chi connectivity index (χ3n) is 2.42. The number of pyridine rings is 1. The van der Waals surface area contributed by atoms with Gasteiger partial charge in [-0.1, -0.05) is 12.1 Å². The summed E-state index contributed by atoms with van der Waals surface area (Å²) in [6.45, 7) is 0. The van der Waals surface area contributed by atoms with Crippen LogP contribution in [0.25, 0.3) is 10.9 Å². The molecule has 0 aliphatic rings. The summed E-state index contributed by atoms with van der Waals surface area (Å²) in [5, 5.41) is 19.6. The number of hydrogen-bond acceptors (Lipinski definition) is 5. The largest absolute Gasteiger partial charge is 0.506 e. The lowest BCUT2D eigenvalue weighted by Crippen LogP contribution is -2.26. The first-order chi connectivity index (χ1) is 8.07. The van der Waals surface area contributed by atoms with Gasteiger partial charge in [-0.25, -0.2) is 4.79 Å². The molecule has 0 radical (unpaired) electrons. The van der Waals surface area contributed by atoms with Crippen LogP contribution in [0.3, 0.4) is 0 Å². The molecule has 1 heterocycles. The predicted molar refractivity (Wildman–Crippen MR) is 58.4 cm³/mol. The zero-order chi connectivity index (χ0) is 12.6. The summed E-state index contributed by atoms with van der Waals surface area (Å²) in [5.74, 6) is -1.50. The van der Waals surface area contributed by atoms with Gasteiger partial charge in [0.25, 0.3) is 0 Å². The van der Waals surface area contributed by atoms with E-state index < -0.39 is 22.8 Å². The molecule has 17 heavy (non-hydrogen) atoms. The van der Waals surface area contributed by atoms with E-state index in [1.807, 2.05) is 0 Å². The summed E-state index contributed by atoms with van der Waals surface area (Å²) >= 11 is 0. The van der Waals surface area contributed by atoms with Crippen molar-refractivity contribution in [2.45, 2.75) is 0 Å². The monoisotopic (exact) mass is 235 g/mol. The number of benzene rings is 1. The molecule has 0 unspecified atom stereocenters. The van der Waals surface area contributed by atoms with E-state index >= 15 is 0 Å². The van der Waals surface area contributed by atoms with Crippen LogP contribution in [0, 0.1) is 0 Å². The number of hydrogen-bond donors (Lipinski definition) is 2. The minimum Gasteiger partial charge on any atom is -0.506 e. The van der Waals surface area contributed by atoms with Crippen LogP contribution < -0.4 is 5.56 Å². The van der Waals surface area contributed by atoms with Crippen molar-refractivity contribution in [3.63, 3.8) is 0 Å². The molecular weight excluding hydrogens is 226 g/mol. The molecule has 0 amide bonds. The van der Waals surface area contributed by atoms with Crippen LogP contribution in [0.1, 0.15) is 10.4 Å². The number of methoxy groups -OCH3 is 1. The molecule has 0 saturated heterocycles. The maximum absolute atomic E-state index is 11.7. The first-order valence-corrected chi connectivity index (χ1v) is 4.72. The average Bonchev–Trinajstić information content (AvgIpc) is 2.36. The fourth-order valence-electron chi connectivity index (χ4n) is 1.60. The molecule has 88 valence electrons. The highest BCUT2D eigenvalue weighted by Crippen LogP contribution is 2.25. The predicted octanol–water partition coefficient (Wildman–Crippen LogP) is 0.731. The molecule has 1 aromatic carbocycles. The maximum atomic E-state index is 11.7. The summed E-state index contributed by atoms with van der Waals surface area (Å²) in [5.41, 5.74) is -1.50. The Labute approximate surface area is 95.3 Å². The van der Waals surface area contributed by atoms with Crippen LogP contribution >= 0.6 is 0 Å².